The van der Waals surface area contributed by atoms with Crippen molar-refractivity contribution in [3.8, 4) is 0 Å². The molecule has 7 nitrogen and oxygen atoms in total. The lowest BCUT2D eigenvalue weighted by Crippen LogP contribution is -2.56. The van der Waals surface area contributed by atoms with Crippen LogP contribution in [0.25, 0.3) is 0 Å². The van der Waals surface area contributed by atoms with E-state index in [9.17, 15) is 9.59 Å². The first-order valence-electron chi connectivity index (χ1n) is 9.53. The zero-order valence-corrected chi connectivity index (χ0v) is 16.7. The first kappa shape index (κ1) is 21.2. The van der Waals surface area contributed by atoms with E-state index in [4.69, 9.17) is 5.11 Å². The number of likely N-dealkylation sites (N-methyl/N-ethyl adjacent to an activating group) is 2. The Morgan fingerprint density at radius 3 is 2.37 bits per heavy atom. The summed E-state index contributed by atoms with van der Waals surface area (Å²) in [6, 6.07) is 8.63. The minimum absolute atomic E-state index is 0.0567. The van der Waals surface area contributed by atoms with Crippen molar-refractivity contribution in [1.29, 1.82) is 0 Å². The van der Waals surface area contributed by atoms with Gasteiger partial charge in [-0.3, -0.25) is 9.69 Å². The summed E-state index contributed by atoms with van der Waals surface area (Å²) >= 11 is 0. The van der Waals surface area contributed by atoms with Crippen molar-refractivity contribution in [3.05, 3.63) is 35.4 Å². The van der Waals surface area contributed by atoms with E-state index >= 15 is 0 Å². The minimum atomic E-state index is -0.808. The molecule has 0 saturated heterocycles. The summed E-state index contributed by atoms with van der Waals surface area (Å²) in [5.74, 6) is -0.808. The molecule has 2 rings (SSSR count). The van der Waals surface area contributed by atoms with Crippen LogP contribution in [0.2, 0.25) is 0 Å². The topological polar surface area (TPSA) is 84.9 Å². The van der Waals surface area contributed by atoms with Crippen LogP contribution >= 0.6 is 0 Å². The highest BCUT2D eigenvalue weighted by molar-refractivity contribution is 5.74. The van der Waals surface area contributed by atoms with Crippen LogP contribution in [0.15, 0.2) is 24.3 Å². The molecule has 3 N–H and O–H groups in total. The Morgan fingerprint density at radius 2 is 1.85 bits per heavy atom. The summed E-state index contributed by atoms with van der Waals surface area (Å²) in [5, 5.41) is 14.9. The number of carboxylic acids is 1. The molecule has 1 aromatic rings. The van der Waals surface area contributed by atoms with E-state index < -0.39 is 5.97 Å². The predicted octanol–water partition coefficient (Wildman–Crippen LogP) is 1.83. The quantitative estimate of drug-likeness (QED) is 0.612. The highest BCUT2D eigenvalue weighted by atomic mass is 16.4. The van der Waals surface area contributed by atoms with E-state index in [0.717, 1.165) is 12.8 Å². The van der Waals surface area contributed by atoms with Gasteiger partial charge in [-0.1, -0.05) is 36.8 Å². The van der Waals surface area contributed by atoms with Gasteiger partial charge in [-0.25, -0.2) is 4.79 Å². The van der Waals surface area contributed by atoms with Crippen LogP contribution in [-0.2, 0) is 4.79 Å². The third kappa shape index (κ3) is 6.22. The molecule has 1 fully saturated rings. The average molecular weight is 377 g/mol. The molecule has 0 spiro atoms. The second-order valence-electron chi connectivity index (χ2n) is 7.52. The Balaban J connectivity index is 1.77. The molecule has 1 aromatic carbocycles. The highest BCUT2D eigenvalue weighted by Crippen LogP contribution is 2.25. The SMILES string of the molecule is CCN(CC(=O)O)C1CC(NC(=O)NCC(c2ccc(C)cc2)N(C)C)C1. The number of aryl methyl sites for hydroxylation is 1. The lowest BCUT2D eigenvalue weighted by molar-refractivity contribution is -0.139. The van der Waals surface area contributed by atoms with Crippen molar-refractivity contribution < 1.29 is 14.7 Å². The number of carbonyl (C=O) groups excluding carboxylic acids is 1. The van der Waals surface area contributed by atoms with Gasteiger partial charge in [-0.05, 0) is 46.0 Å². The molecule has 0 bridgehead atoms. The molecule has 1 aliphatic rings. The summed E-state index contributed by atoms with van der Waals surface area (Å²) < 4.78 is 0. The molecule has 150 valence electrons. The number of carboxylic acid groups (broad SMARTS) is 1. The van der Waals surface area contributed by atoms with Crippen LogP contribution in [0.3, 0.4) is 0 Å². The third-order valence-electron chi connectivity index (χ3n) is 5.25. The van der Waals surface area contributed by atoms with Crippen molar-refractivity contribution in [2.75, 3.05) is 33.7 Å². The Bertz CT molecular complexity index is 627. The molecule has 27 heavy (non-hydrogen) atoms. The maximum Gasteiger partial charge on any atom is 0.317 e. The number of rotatable bonds is 9. The van der Waals surface area contributed by atoms with Gasteiger partial charge in [-0.15, -0.1) is 0 Å². The second kappa shape index (κ2) is 9.71. The van der Waals surface area contributed by atoms with Crippen molar-refractivity contribution in [1.82, 2.24) is 20.4 Å². The van der Waals surface area contributed by atoms with Crippen LogP contribution in [0, 0.1) is 6.92 Å². The molecule has 0 aromatic heterocycles. The van der Waals surface area contributed by atoms with Gasteiger partial charge in [-0.2, -0.15) is 0 Å². The second-order valence-corrected chi connectivity index (χ2v) is 7.52. The summed E-state index contributed by atoms with van der Waals surface area (Å²) in [7, 11) is 4.00. The average Bonchev–Trinajstić information content (AvgIpc) is 2.57. The number of nitrogens with zero attached hydrogens (tertiary/aromatic N) is 2. The van der Waals surface area contributed by atoms with Crippen molar-refractivity contribution in [2.24, 2.45) is 0 Å². The van der Waals surface area contributed by atoms with Gasteiger partial charge in [0.2, 0.25) is 0 Å². The number of amides is 2. The molecular weight excluding hydrogens is 344 g/mol. The van der Waals surface area contributed by atoms with Gasteiger partial charge in [0.1, 0.15) is 0 Å². The smallest absolute Gasteiger partial charge is 0.317 e. The summed E-state index contributed by atoms with van der Waals surface area (Å²) in [4.78, 5) is 27.2. The summed E-state index contributed by atoms with van der Waals surface area (Å²) in [6.07, 6.45) is 1.59. The zero-order valence-electron chi connectivity index (χ0n) is 16.7. The number of urea groups is 1. The van der Waals surface area contributed by atoms with Crippen molar-refractivity contribution >= 4 is 12.0 Å². The predicted molar refractivity (Wildman–Crippen MR) is 106 cm³/mol. The maximum atomic E-state index is 12.2. The summed E-state index contributed by atoms with van der Waals surface area (Å²) in [5.41, 5.74) is 2.38. The Kier molecular flexibility index (Phi) is 7.62. The number of carbonyl (C=O) groups is 2. The van der Waals surface area contributed by atoms with E-state index in [1.54, 1.807) is 0 Å². The molecule has 1 saturated carbocycles. The fourth-order valence-electron chi connectivity index (χ4n) is 3.49. The van der Waals surface area contributed by atoms with Gasteiger partial charge >= 0.3 is 12.0 Å². The van der Waals surface area contributed by atoms with Gasteiger partial charge in [0, 0.05) is 18.6 Å². The van der Waals surface area contributed by atoms with E-state index in [0.29, 0.717) is 13.1 Å². The van der Waals surface area contributed by atoms with E-state index in [2.05, 4.69) is 46.7 Å². The molecule has 7 heteroatoms. The molecule has 1 atom stereocenters. The monoisotopic (exact) mass is 376 g/mol. The summed E-state index contributed by atoms with van der Waals surface area (Å²) in [6.45, 7) is 5.31. The standard InChI is InChI=1S/C20H32N4O3/c1-5-24(13-19(25)26)17-10-16(11-17)22-20(27)21-12-18(23(3)4)15-8-6-14(2)7-9-15/h6-9,16-18H,5,10-13H2,1-4H3,(H,25,26)(H2,21,22,27). The lowest BCUT2D eigenvalue weighted by Gasteiger charge is -2.42. The fourth-order valence-corrected chi connectivity index (χ4v) is 3.49. The van der Waals surface area contributed by atoms with Crippen molar-refractivity contribution in [3.63, 3.8) is 0 Å². The number of aliphatic carboxylic acids is 1. The van der Waals surface area contributed by atoms with E-state index in [1.807, 2.05) is 25.9 Å². The number of benzene rings is 1. The molecule has 0 heterocycles. The van der Waals surface area contributed by atoms with Crippen LogP contribution in [0.1, 0.15) is 36.9 Å². The van der Waals surface area contributed by atoms with Crippen molar-refractivity contribution in [2.45, 2.75) is 44.8 Å². The number of hydrogen-bond acceptors (Lipinski definition) is 4. The van der Waals surface area contributed by atoms with Crippen LogP contribution in [0.4, 0.5) is 4.79 Å². The van der Waals surface area contributed by atoms with Crippen LogP contribution in [0.5, 0.6) is 0 Å². The van der Waals surface area contributed by atoms with Gasteiger partial charge in [0.15, 0.2) is 0 Å². The molecule has 0 aliphatic heterocycles. The normalized spacial score (nSPS) is 20.2. The molecule has 2 amide bonds. The highest BCUT2D eigenvalue weighted by Gasteiger charge is 2.34. The van der Waals surface area contributed by atoms with Gasteiger partial charge in [0.05, 0.1) is 12.6 Å². The van der Waals surface area contributed by atoms with E-state index in [1.165, 1.54) is 11.1 Å². The Morgan fingerprint density at radius 1 is 1.22 bits per heavy atom. The maximum absolute atomic E-state index is 12.2. The molecule has 1 unspecified atom stereocenters. The van der Waals surface area contributed by atoms with Crippen LogP contribution < -0.4 is 10.6 Å². The first-order chi connectivity index (χ1) is 12.8. The molecular formula is C20H32N4O3. The Hall–Kier alpha value is -2.12. The molecule has 1 aliphatic carbocycles. The number of nitrogens with one attached hydrogen (secondary N) is 2. The lowest BCUT2D eigenvalue weighted by atomic mass is 9.85. The largest absolute Gasteiger partial charge is 0.480 e. The Labute approximate surface area is 161 Å². The zero-order chi connectivity index (χ0) is 20.0. The van der Waals surface area contributed by atoms with Gasteiger partial charge in [0.25, 0.3) is 0 Å². The number of hydrogen-bond donors (Lipinski definition) is 3. The third-order valence-corrected chi connectivity index (χ3v) is 5.25. The molecule has 0 radical (unpaired) electrons. The first-order valence-corrected chi connectivity index (χ1v) is 9.53. The van der Waals surface area contributed by atoms with Crippen LogP contribution in [-0.4, -0.2) is 72.7 Å². The van der Waals surface area contributed by atoms with E-state index in [-0.39, 0.29) is 30.7 Å². The minimum Gasteiger partial charge on any atom is -0.480 e. The fraction of sp³-hybridized carbons (Fsp3) is 0.600. The van der Waals surface area contributed by atoms with Gasteiger partial charge < -0.3 is 20.6 Å².